The third-order valence-electron chi connectivity index (χ3n) is 5.07. The van der Waals surface area contributed by atoms with Gasteiger partial charge in [-0.1, -0.05) is 18.9 Å². The molecule has 2 N–H and O–H groups in total. The van der Waals surface area contributed by atoms with Gasteiger partial charge in [0.25, 0.3) is 0 Å². The van der Waals surface area contributed by atoms with Gasteiger partial charge >= 0.3 is 0 Å². The zero-order valence-electron chi connectivity index (χ0n) is 12.7. The molecule has 1 saturated carbocycles. The summed E-state index contributed by atoms with van der Waals surface area (Å²) in [5.74, 6) is -0.0892. The summed E-state index contributed by atoms with van der Waals surface area (Å²) in [6.07, 6.45) is 4.87. The third kappa shape index (κ3) is 2.92. The lowest BCUT2D eigenvalue weighted by Gasteiger charge is -2.39. The molecule has 1 saturated heterocycles. The molecule has 0 spiro atoms. The van der Waals surface area contributed by atoms with Crippen LogP contribution in [0, 0.1) is 18.7 Å². The summed E-state index contributed by atoms with van der Waals surface area (Å²) < 4.78 is 13.9. The number of nitrogens with one attached hydrogen (secondary N) is 1. The minimum absolute atomic E-state index is 0.134. The molecule has 1 aromatic carbocycles. The van der Waals surface area contributed by atoms with Crippen LogP contribution in [-0.4, -0.2) is 36.2 Å². The van der Waals surface area contributed by atoms with Gasteiger partial charge in [0.1, 0.15) is 0 Å². The van der Waals surface area contributed by atoms with E-state index in [9.17, 15) is 9.50 Å². The summed E-state index contributed by atoms with van der Waals surface area (Å²) in [4.78, 5) is 2.44. The van der Waals surface area contributed by atoms with Gasteiger partial charge in [-0.25, -0.2) is 4.39 Å². The molecule has 0 aromatic heterocycles. The van der Waals surface area contributed by atoms with Gasteiger partial charge in [-0.05, 0) is 37.3 Å². The van der Waals surface area contributed by atoms with Gasteiger partial charge in [0.15, 0.2) is 11.6 Å². The van der Waals surface area contributed by atoms with Gasteiger partial charge in [-0.3, -0.25) is 4.90 Å². The van der Waals surface area contributed by atoms with Gasteiger partial charge < -0.3 is 10.4 Å². The number of aryl methyl sites for hydroxylation is 1. The number of hydrogen-bond donors (Lipinski definition) is 2. The molecule has 1 aromatic rings. The van der Waals surface area contributed by atoms with E-state index >= 15 is 0 Å². The Bertz CT molecular complexity index is 494. The first-order valence-electron chi connectivity index (χ1n) is 8.11. The molecule has 0 radical (unpaired) electrons. The van der Waals surface area contributed by atoms with Crippen LogP contribution in [0.2, 0.25) is 0 Å². The number of hydrogen-bond acceptors (Lipinski definition) is 3. The largest absolute Gasteiger partial charge is 0.505 e. The normalized spacial score (nSPS) is 22.6. The Hall–Kier alpha value is -1.13. The second-order valence-corrected chi connectivity index (χ2v) is 6.40. The Balaban J connectivity index is 1.99. The molecule has 1 aliphatic carbocycles. The number of phenols is 1. The lowest BCUT2D eigenvalue weighted by molar-refractivity contribution is 0.122. The smallest absolute Gasteiger partial charge is 0.165 e. The minimum atomic E-state index is -0.492. The van der Waals surface area contributed by atoms with Crippen LogP contribution in [0.1, 0.15) is 42.9 Å². The highest BCUT2D eigenvalue weighted by molar-refractivity contribution is 5.42. The average molecular weight is 292 g/mol. The summed E-state index contributed by atoms with van der Waals surface area (Å²) in [7, 11) is 0. The van der Waals surface area contributed by atoms with Crippen LogP contribution < -0.4 is 5.32 Å². The first kappa shape index (κ1) is 14.8. The van der Waals surface area contributed by atoms with E-state index in [1.54, 1.807) is 6.07 Å². The van der Waals surface area contributed by atoms with Crippen LogP contribution in [0.3, 0.4) is 0 Å². The number of piperazine rings is 1. The van der Waals surface area contributed by atoms with Gasteiger partial charge in [0.05, 0.1) is 0 Å². The first-order chi connectivity index (χ1) is 10.2. The molecular formula is C17H25FN2O. The molecule has 3 nitrogen and oxygen atoms in total. The number of nitrogens with zero attached hydrogens (tertiary/aromatic N) is 1. The molecule has 1 heterocycles. The second kappa shape index (κ2) is 6.32. The highest BCUT2D eigenvalue weighted by atomic mass is 19.1. The predicted molar refractivity (Wildman–Crippen MR) is 81.9 cm³/mol. The average Bonchev–Trinajstić information content (AvgIpc) is 3.02. The number of aromatic hydroxyl groups is 1. The summed E-state index contributed by atoms with van der Waals surface area (Å²) in [5, 5.41) is 13.7. The molecule has 21 heavy (non-hydrogen) atoms. The van der Waals surface area contributed by atoms with Crippen molar-refractivity contribution in [2.75, 3.05) is 26.2 Å². The van der Waals surface area contributed by atoms with Crippen LogP contribution in [-0.2, 0) is 0 Å². The van der Waals surface area contributed by atoms with Crippen molar-refractivity contribution in [3.8, 4) is 5.75 Å². The molecule has 2 fully saturated rings. The predicted octanol–water partition coefficient (Wildman–Crippen LogP) is 2.98. The van der Waals surface area contributed by atoms with E-state index in [-0.39, 0.29) is 11.8 Å². The van der Waals surface area contributed by atoms with Crippen LogP contribution in [0.5, 0.6) is 5.75 Å². The van der Waals surface area contributed by atoms with Gasteiger partial charge in [0.2, 0.25) is 0 Å². The number of phenolic OH excluding ortho intramolecular Hbond substituents is 1. The maximum absolute atomic E-state index is 13.9. The lowest BCUT2D eigenvalue weighted by Crippen LogP contribution is -2.46. The van der Waals surface area contributed by atoms with E-state index < -0.39 is 5.82 Å². The molecular weight excluding hydrogens is 267 g/mol. The van der Waals surface area contributed by atoms with Crippen molar-refractivity contribution in [3.05, 3.63) is 29.1 Å². The van der Waals surface area contributed by atoms with E-state index in [0.717, 1.165) is 37.3 Å². The summed E-state index contributed by atoms with van der Waals surface area (Å²) >= 11 is 0. The maximum atomic E-state index is 13.9. The van der Waals surface area contributed by atoms with Crippen molar-refractivity contribution in [1.29, 1.82) is 0 Å². The van der Waals surface area contributed by atoms with Crippen molar-refractivity contribution >= 4 is 0 Å². The van der Waals surface area contributed by atoms with Gasteiger partial charge in [0, 0.05) is 37.8 Å². The number of halogens is 1. The Kier molecular flexibility index (Phi) is 4.45. The van der Waals surface area contributed by atoms with Gasteiger partial charge in [-0.15, -0.1) is 0 Å². The monoisotopic (exact) mass is 292 g/mol. The van der Waals surface area contributed by atoms with E-state index in [2.05, 4.69) is 10.2 Å². The number of rotatable bonds is 3. The molecule has 1 atom stereocenters. The highest BCUT2D eigenvalue weighted by Gasteiger charge is 2.34. The van der Waals surface area contributed by atoms with Crippen LogP contribution in [0.4, 0.5) is 4.39 Å². The van der Waals surface area contributed by atoms with Crippen molar-refractivity contribution in [2.45, 2.75) is 38.6 Å². The molecule has 0 bridgehead atoms. The van der Waals surface area contributed by atoms with Crippen molar-refractivity contribution in [3.63, 3.8) is 0 Å². The topological polar surface area (TPSA) is 35.5 Å². The highest BCUT2D eigenvalue weighted by Crippen LogP contribution is 2.44. The lowest BCUT2D eigenvalue weighted by atomic mass is 9.86. The first-order valence-corrected chi connectivity index (χ1v) is 8.11. The van der Waals surface area contributed by atoms with Crippen molar-refractivity contribution in [1.82, 2.24) is 10.2 Å². The quantitative estimate of drug-likeness (QED) is 0.899. The zero-order valence-corrected chi connectivity index (χ0v) is 12.7. The molecule has 0 unspecified atom stereocenters. The summed E-state index contributed by atoms with van der Waals surface area (Å²) in [6, 6.07) is 3.33. The molecule has 0 amide bonds. The van der Waals surface area contributed by atoms with Crippen molar-refractivity contribution in [2.24, 2.45) is 5.92 Å². The van der Waals surface area contributed by atoms with Crippen LogP contribution in [0.25, 0.3) is 0 Å². The van der Waals surface area contributed by atoms with E-state index in [1.165, 1.54) is 31.7 Å². The molecule has 4 heteroatoms. The second-order valence-electron chi connectivity index (χ2n) is 6.40. The minimum Gasteiger partial charge on any atom is -0.505 e. The molecule has 2 aliphatic rings. The number of benzene rings is 1. The fraction of sp³-hybridized carbons (Fsp3) is 0.647. The van der Waals surface area contributed by atoms with Crippen LogP contribution in [0.15, 0.2) is 12.1 Å². The maximum Gasteiger partial charge on any atom is 0.165 e. The SMILES string of the molecule is Cc1ccc(F)c(O)c1[C@H](C1CCCC1)N1CCNCC1. The van der Waals surface area contributed by atoms with E-state index in [1.807, 2.05) is 6.92 Å². The van der Waals surface area contributed by atoms with E-state index in [4.69, 9.17) is 0 Å². The molecule has 3 rings (SSSR count). The Morgan fingerprint density at radius 1 is 1.24 bits per heavy atom. The molecule has 116 valence electrons. The van der Waals surface area contributed by atoms with Gasteiger partial charge in [-0.2, -0.15) is 0 Å². The van der Waals surface area contributed by atoms with E-state index in [0.29, 0.717) is 5.92 Å². The Morgan fingerprint density at radius 2 is 1.90 bits per heavy atom. The van der Waals surface area contributed by atoms with Crippen LogP contribution >= 0.6 is 0 Å². The molecule has 1 aliphatic heterocycles. The summed E-state index contributed by atoms with van der Waals surface area (Å²) in [6.45, 7) is 5.86. The fourth-order valence-electron chi connectivity index (χ4n) is 4.01. The fourth-order valence-corrected chi connectivity index (χ4v) is 4.01. The third-order valence-corrected chi connectivity index (χ3v) is 5.07. The summed E-state index contributed by atoms with van der Waals surface area (Å²) in [5.41, 5.74) is 1.83. The zero-order chi connectivity index (χ0) is 14.8. The Morgan fingerprint density at radius 3 is 2.57 bits per heavy atom. The van der Waals surface area contributed by atoms with Crippen molar-refractivity contribution < 1.29 is 9.50 Å². The standard InChI is InChI=1S/C17H25FN2O/c1-12-6-7-14(18)17(21)15(12)16(13-4-2-3-5-13)20-10-8-19-9-11-20/h6-7,13,16,19,21H,2-5,8-11H2,1H3/t16-/m0/s1. The Labute approximate surface area is 126 Å².